The summed E-state index contributed by atoms with van der Waals surface area (Å²) in [5.74, 6) is 0.741. The van der Waals surface area contributed by atoms with E-state index in [1.807, 2.05) is 0 Å². The topological polar surface area (TPSA) is 62.8 Å². The Morgan fingerprint density at radius 1 is 1.13 bits per heavy atom. The fourth-order valence-electron chi connectivity index (χ4n) is 3.89. The smallest absolute Gasteiger partial charge is 0.227 e. The van der Waals surface area contributed by atoms with Gasteiger partial charge in [0.25, 0.3) is 0 Å². The Balaban J connectivity index is 1.16. The Bertz CT molecular complexity index is 1030. The van der Waals surface area contributed by atoms with Gasteiger partial charge in [0.15, 0.2) is 6.29 Å². The van der Waals surface area contributed by atoms with E-state index in [2.05, 4.69) is 42.0 Å². The van der Waals surface area contributed by atoms with Crippen molar-refractivity contribution in [2.24, 2.45) is 0 Å². The zero-order chi connectivity index (χ0) is 21.5. The van der Waals surface area contributed by atoms with Crippen LogP contribution in [0.1, 0.15) is 49.8 Å². The van der Waals surface area contributed by atoms with E-state index in [0.717, 1.165) is 51.7 Å². The summed E-state index contributed by atoms with van der Waals surface area (Å²) in [4.78, 5) is 12.2. The Morgan fingerprint density at radius 3 is 2.90 bits per heavy atom. The lowest BCUT2D eigenvalue weighted by Crippen LogP contribution is -2.22. The number of aromatic nitrogens is 1. The first kappa shape index (κ1) is 21.7. The molecule has 0 aliphatic carbocycles. The summed E-state index contributed by atoms with van der Waals surface area (Å²) in [6.45, 7) is 4.55. The van der Waals surface area contributed by atoms with E-state index in [-0.39, 0.29) is 24.1 Å². The zero-order valence-corrected chi connectivity index (χ0v) is 18.2. The summed E-state index contributed by atoms with van der Waals surface area (Å²) in [5, 5.41) is 1.29. The standard InChI is InChI=1S/C25H31NO5/c1-19-8-9-22-20(15-19)10-12-26(22)11-4-2-5-13-28-24-18-30-21(16-23(24)27)17-31-25-7-3-6-14-29-25/h8-10,12,15-16,18,25H,2-7,11,13-14,17H2,1H3. The van der Waals surface area contributed by atoms with Gasteiger partial charge < -0.3 is 23.2 Å². The lowest BCUT2D eigenvalue weighted by atomic mass is 10.2. The molecule has 0 bridgehead atoms. The predicted molar refractivity (Wildman–Crippen MR) is 119 cm³/mol. The fourth-order valence-corrected chi connectivity index (χ4v) is 3.89. The molecule has 0 radical (unpaired) electrons. The van der Waals surface area contributed by atoms with Gasteiger partial charge in [-0.25, -0.2) is 0 Å². The van der Waals surface area contributed by atoms with Crippen LogP contribution in [0.15, 0.2) is 52.0 Å². The van der Waals surface area contributed by atoms with Crippen molar-refractivity contribution in [2.75, 3.05) is 13.2 Å². The lowest BCUT2D eigenvalue weighted by molar-refractivity contribution is -0.171. The van der Waals surface area contributed by atoms with E-state index >= 15 is 0 Å². The number of nitrogens with zero attached hydrogens (tertiary/aromatic N) is 1. The van der Waals surface area contributed by atoms with Crippen LogP contribution in [-0.4, -0.2) is 24.1 Å². The molecule has 1 fully saturated rings. The monoisotopic (exact) mass is 425 g/mol. The van der Waals surface area contributed by atoms with Crippen molar-refractivity contribution in [1.29, 1.82) is 0 Å². The quantitative estimate of drug-likeness (QED) is 0.418. The zero-order valence-electron chi connectivity index (χ0n) is 18.2. The van der Waals surface area contributed by atoms with Crippen molar-refractivity contribution < 1.29 is 18.6 Å². The summed E-state index contributed by atoms with van der Waals surface area (Å²) >= 11 is 0. The summed E-state index contributed by atoms with van der Waals surface area (Å²) < 4.78 is 24.6. The predicted octanol–water partition coefficient (Wildman–Crippen LogP) is 5.20. The average Bonchev–Trinajstić information content (AvgIpc) is 3.18. The summed E-state index contributed by atoms with van der Waals surface area (Å²) in [6, 6.07) is 10.2. The summed E-state index contributed by atoms with van der Waals surface area (Å²) in [6.07, 6.45) is 9.37. The average molecular weight is 426 g/mol. The second-order valence-corrected chi connectivity index (χ2v) is 8.16. The molecule has 6 nitrogen and oxygen atoms in total. The van der Waals surface area contributed by atoms with Gasteiger partial charge >= 0.3 is 0 Å². The number of rotatable bonds is 10. The molecule has 0 spiro atoms. The molecule has 1 unspecified atom stereocenters. The van der Waals surface area contributed by atoms with E-state index in [0.29, 0.717) is 12.4 Å². The molecular formula is C25H31NO5. The van der Waals surface area contributed by atoms with Gasteiger partial charge in [0, 0.05) is 30.9 Å². The highest BCUT2D eigenvalue weighted by Gasteiger charge is 2.15. The third-order valence-corrected chi connectivity index (χ3v) is 5.63. The van der Waals surface area contributed by atoms with E-state index in [9.17, 15) is 4.79 Å². The Morgan fingerprint density at radius 2 is 2.06 bits per heavy atom. The largest absolute Gasteiger partial charge is 0.487 e. The van der Waals surface area contributed by atoms with Gasteiger partial charge in [-0.15, -0.1) is 0 Å². The van der Waals surface area contributed by atoms with Gasteiger partial charge in [0.2, 0.25) is 11.2 Å². The lowest BCUT2D eigenvalue weighted by Gasteiger charge is -2.22. The third kappa shape index (κ3) is 5.99. The number of hydrogen-bond acceptors (Lipinski definition) is 5. The van der Waals surface area contributed by atoms with Crippen molar-refractivity contribution in [3.63, 3.8) is 0 Å². The van der Waals surface area contributed by atoms with Crippen molar-refractivity contribution in [3.05, 3.63) is 64.3 Å². The highest BCUT2D eigenvalue weighted by Crippen LogP contribution is 2.19. The minimum atomic E-state index is -0.205. The number of aryl methyl sites for hydroxylation is 2. The van der Waals surface area contributed by atoms with Crippen molar-refractivity contribution in [1.82, 2.24) is 4.57 Å². The summed E-state index contributed by atoms with van der Waals surface area (Å²) in [7, 11) is 0. The van der Waals surface area contributed by atoms with E-state index in [1.165, 1.54) is 28.8 Å². The fraction of sp³-hybridized carbons (Fsp3) is 0.480. The number of ether oxygens (including phenoxy) is 3. The van der Waals surface area contributed by atoms with Crippen LogP contribution in [0.5, 0.6) is 5.75 Å². The number of unbranched alkanes of at least 4 members (excludes halogenated alkanes) is 2. The first-order valence-corrected chi connectivity index (χ1v) is 11.2. The van der Waals surface area contributed by atoms with Crippen LogP contribution in [0, 0.1) is 6.92 Å². The Labute approximate surface area is 182 Å². The molecule has 3 heterocycles. The van der Waals surface area contributed by atoms with Crippen LogP contribution in [0.4, 0.5) is 0 Å². The highest BCUT2D eigenvalue weighted by atomic mass is 16.7. The maximum atomic E-state index is 12.2. The van der Waals surface area contributed by atoms with Gasteiger partial charge in [0.1, 0.15) is 18.6 Å². The van der Waals surface area contributed by atoms with Crippen LogP contribution >= 0.6 is 0 Å². The van der Waals surface area contributed by atoms with Crippen LogP contribution in [0.3, 0.4) is 0 Å². The second kappa shape index (κ2) is 10.6. The molecule has 2 aromatic heterocycles. The van der Waals surface area contributed by atoms with Gasteiger partial charge in [-0.3, -0.25) is 4.79 Å². The normalized spacial score (nSPS) is 16.6. The Kier molecular flexibility index (Phi) is 7.43. The SMILES string of the molecule is Cc1ccc2c(ccn2CCCCCOc2coc(COC3CCCCO3)cc2=O)c1. The maximum absolute atomic E-state index is 12.2. The number of benzene rings is 1. The molecule has 166 valence electrons. The van der Waals surface area contributed by atoms with Crippen LogP contribution < -0.4 is 10.2 Å². The van der Waals surface area contributed by atoms with Crippen LogP contribution in [0.25, 0.3) is 10.9 Å². The number of hydrogen-bond donors (Lipinski definition) is 0. The molecule has 4 rings (SSSR count). The summed E-state index contributed by atoms with van der Waals surface area (Å²) in [5.41, 5.74) is 2.38. The molecule has 3 aromatic rings. The molecular weight excluding hydrogens is 394 g/mol. The maximum Gasteiger partial charge on any atom is 0.227 e. The van der Waals surface area contributed by atoms with E-state index in [1.54, 1.807) is 0 Å². The van der Waals surface area contributed by atoms with Gasteiger partial charge in [-0.1, -0.05) is 11.6 Å². The molecule has 1 atom stereocenters. The first-order chi connectivity index (χ1) is 15.2. The van der Waals surface area contributed by atoms with Crippen molar-refractivity contribution >= 4 is 10.9 Å². The van der Waals surface area contributed by atoms with Crippen molar-refractivity contribution in [3.8, 4) is 5.75 Å². The molecule has 0 N–H and O–H groups in total. The van der Waals surface area contributed by atoms with E-state index in [4.69, 9.17) is 18.6 Å². The molecule has 0 amide bonds. The first-order valence-electron chi connectivity index (χ1n) is 11.2. The Hall–Kier alpha value is -2.57. The van der Waals surface area contributed by atoms with Crippen molar-refractivity contribution in [2.45, 2.75) is 64.9 Å². The van der Waals surface area contributed by atoms with Gasteiger partial charge in [0.05, 0.1) is 6.61 Å². The molecule has 6 heteroatoms. The number of fused-ring (bicyclic) bond motifs is 1. The minimum Gasteiger partial charge on any atom is -0.487 e. The highest BCUT2D eigenvalue weighted by molar-refractivity contribution is 5.80. The van der Waals surface area contributed by atoms with Crippen LogP contribution in [0.2, 0.25) is 0 Å². The third-order valence-electron chi connectivity index (χ3n) is 5.63. The molecule has 1 aliphatic rings. The molecule has 31 heavy (non-hydrogen) atoms. The molecule has 1 aromatic carbocycles. The van der Waals surface area contributed by atoms with Gasteiger partial charge in [-0.05, 0) is 69.0 Å². The minimum absolute atomic E-state index is 0.177. The second-order valence-electron chi connectivity index (χ2n) is 8.16. The molecule has 0 saturated carbocycles. The molecule has 1 aliphatic heterocycles. The molecule has 1 saturated heterocycles. The van der Waals surface area contributed by atoms with Crippen LogP contribution in [-0.2, 0) is 22.6 Å². The van der Waals surface area contributed by atoms with Gasteiger partial charge in [-0.2, -0.15) is 0 Å². The van der Waals surface area contributed by atoms with E-state index < -0.39 is 0 Å².